The number of aromatic nitrogens is 1. The Morgan fingerprint density at radius 2 is 1.84 bits per heavy atom. The highest BCUT2D eigenvalue weighted by atomic mass is 32.2. The highest BCUT2D eigenvalue weighted by Crippen LogP contribution is 2.19. The van der Waals surface area contributed by atoms with Gasteiger partial charge in [-0.15, -0.1) is 0 Å². The van der Waals surface area contributed by atoms with Gasteiger partial charge in [0.25, 0.3) is 10.0 Å². The number of carbonyl (C=O) groups is 1. The van der Waals surface area contributed by atoms with E-state index in [2.05, 4.69) is 0 Å². The average Bonchev–Trinajstić information content (AvgIpc) is 2.89. The number of hydrogen-bond donors (Lipinski definition) is 1. The first-order valence-corrected chi connectivity index (χ1v) is 6.71. The van der Waals surface area contributed by atoms with Crippen LogP contribution in [-0.4, -0.2) is 30.6 Å². The number of nitrogens with zero attached hydrogens (tertiary/aromatic N) is 1. The first kappa shape index (κ1) is 13.2. The fraction of sp³-hybridized carbons (Fsp3) is 0.0833. The normalized spacial score (nSPS) is 11.2. The molecule has 0 aliphatic rings. The fourth-order valence-corrected chi connectivity index (χ4v) is 2.94. The van der Waals surface area contributed by atoms with Gasteiger partial charge < -0.3 is 9.84 Å². The summed E-state index contributed by atoms with van der Waals surface area (Å²) in [6.45, 7) is 0. The van der Waals surface area contributed by atoms with Crippen LogP contribution in [-0.2, 0) is 10.0 Å². The van der Waals surface area contributed by atoms with Crippen molar-refractivity contribution in [2.45, 2.75) is 4.90 Å². The Labute approximate surface area is 109 Å². The molecule has 1 aromatic carbocycles. The number of hydrogen-bond acceptors (Lipinski definition) is 4. The molecule has 19 heavy (non-hydrogen) atoms. The van der Waals surface area contributed by atoms with E-state index >= 15 is 0 Å². The first-order valence-electron chi connectivity index (χ1n) is 5.27. The van der Waals surface area contributed by atoms with E-state index < -0.39 is 16.0 Å². The molecule has 1 aromatic heterocycles. The second-order valence-corrected chi connectivity index (χ2v) is 5.49. The molecule has 7 heteroatoms. The zero-order chi connectivity index (χ0) is 14.0. The summed E-state index contributed by atoms with van der Waals surface area (Å²) in [5, 5.41) is 8.94. The van der Waals surface area contributed by atoms with Crippen LogP contribution in [0.1, 0.15) is 10.5 Å². The number of ether oxygens (including phenoxy) is 1. The number of methoxy groups -OCH3 is 1. The van der Waals surface area contributed by atoms with Gasteiger partial charge >= 0.3 is 5.97 Å². The molecule has 100 valence electrons. The summed E-state index contributed by atoms with van der Waals surface area (Å²) in [5.74, 6) is -0.785. The van der Waals surface area contributed by atoms with Crippen LogP contribution in [0.25, 0.3) is 0 Å². The molecule has 0 aliphatic heterocycles. The lowest BCUT2D eigenvalue weighted by molar-refractivity contribution is 0.0689. The van der Waals surface area contributed by atoms with E-state index in [0.717, 1.165) is 3.97 Å². The lowest BCUT2D eigenvalue weighted by Gasteiger charge is -2.08. The number of carboxylic acids is 1. The zero-order valence-electron chi connectivity index (χ0n) is 9.98. The number of benzene rings is 1. The summed E-state index contributed by atoms with van der Waals surface area (Å²) in [5.41, 5.74) is -0.309. The summed E-state index contributed by atoms with van der Waals surface area (Å²) in [6.07, 6.45) is 1.20. The molecule has 0 atom stereocenters. The van der Waals surface area contributed by atoms with Crippen LogP contribution in [0.4, 0.5) is 0 Å². The molecule has 1 N–H and O–H groups in total. The molecule has 0 amide bonds. The van der Waals surface area contributed by atoms with Gasteiger partial charge in [0.2, 0.25) is 0 Å². The maximum atomic E-state index is 12.3. The third-order valence-electron chi connectivity index (χ3n) is 2.55. The molecule has 0 fully saturated rings. The summed E-state index contributed by atoms with van der Waals surface area (Å²) < 4.78 is 30.2. The van der Waals surface area contributed by atoms with Gasteiger partial charge in [0.15, 0.2) is 0 Å². The van der Waals surface area contributed by atoms with Crippen molar-refractivity contribution in [2.75, 3.05) is 7.11 Å². The molecule has 2 aromatic rings. The van der Waals surface area contributed by atoms with E-state index in [1.165, 1.54) is 49.7 Å². The van der Waals surface area contributed by atoms with Crippen LogP contribution in [0.15, 0.2) is 47.5 Å². The lowest BCUT2D eigenvalue weighted by atomic mass is 10.3. The van der Waals surface area contributed by atoms with E-state index in [1.807, 2.05) is 0 Å². The third-order valence-corrected chi connectivity index (χ3v) is 4.25. The van der Waals surface area contributed by atoms with E-state index in [-0.39, 0.29) is 10.6 Å². The Hall–Kier alpha value is -2.28. The largest absolute Gasteiger partial charge is 0.497 e. The second-order valence-electron chi connectivity index (χ2n) is 3.67. The van der Waals surface area contributed by atoms with Gasteiger partial charge in [0.1, 0.15) is 11.4 Å². The molecule has 6 nitrogen and oxygen atoms in total. The predicted molar refractivity (Wildman–Crippen MR) is 67.0 cm³/mol. The predicted octanol–water partition coefficient (Wildman–Crippen LogP) is 1.43. The molecule has 0 saturated heterocycles. The molecule has 0 unspecified atom stereocenters. The Kier molecular flexibility index (Phi) is 3.30. The van der Waals surface area contributed by atoms with Crippen molar-refractivity contribution in [1.82, 2.24) is 3.97 Å². The molecule has 2 rings (SSSR count). The summed E-state index contributed by atoms with van der Waals surface area (Å²) in [4.78, 5) is 10.9. The van der Waals surface area contributed by atoms with Crippen LogP contribution in [0.3, 0.4) is 0 Å². The minimum Gasteiger partial charge on any atom is -0.497 e. The average molecular weight is 281 g/mol. The van der Waals surface area contributed by atoms with Gasteiger partial charge in [0, 0.05) is 6.20 Å². The van der Waals surface area contributed by atoms with Crippen molar-refractivity contribution in [3.63, 3.8) is 0 Å². The first-order chi connectivity index (χ1) is 8.96. The van der Waals surface area contributed by atoms with Crippen molar-refractivity contribution in [3.05, 3.63) is 48.3 Å². The summed E-state index contributed by atoms with van der Waals surface area (Å²) in [7, 11) is -2.45. The van der Waals surface area contributed by atoms with Crippen LogP contribution in [0, 0.1) is 0 Å². The van der Waals surface area contributed by atoms with Crippen LogP contribution in [0.2, 0.25) is 0 Å². The topological polar surface area (TPSA) is 85.6 Å². The van der Waals surface area contributed by atoms with E-state index in [1.54, 1.807) is 0 Å². The maximum absolute atomic E-state index is 12.3. The fourth-order valence-electron chi connectivity index (χ4n) is 1.60. The highest BCUT2D eigenvalue weighted by Gasteiger charge is 2.22. The van der Waals surface area contributed by atoms with Crippen LogP contribution < -0.4 is 4.74 Å². The van der Waals surface area contributed by atoms with E-state index in [0.29, 0.717) is 5.75 Å². The van der Waals surface area contributed by atoms with Crippen LogP contribution >= 0.6 is 0 Å². The molecule has 1 heterocycles. The Bertz CT molecular complexity index is 700. The second kappa shape index (κ2) is 4.77. The summed E-state index contributed by atoms with van der Waals surface area (Å²) in [6, 6.07) is 8.31. The van der Waals surface area contributed by atoms with Crippen LogP contribution in [0.5, 0.6) is 5.75 Å². The Balaban J connectivity index is 2.52. The molecular formula is C12H11NO5S. The number of rotatable bonds is 4. The van der Waals surface area contributed by atoms with E-state index in [4.69, 9.17) is 9.84 Å². The maximum Gasteiger partial charge on any atom is 0.353 e. The standard InChI is InChI=1S/C12H11NO5S/c1-18-9-4-6-10(7-5-9)19(16,17)13-8-2-3-11(13)12(14)15/h2-8H,1H3,(H,14,15). The van der Waals surface area contributed by atoms with Gasteiger partial charge in [-0.2, -0.15) is 0 Å². The van der Waals surface area contributed by atoms with Gasteiger partial charge in [-0.25, -0.2) is 17.2 Å². The molecule has 0 radical (unpaired) electrons. The number of aromatic carboxylic acids is 1. The zero-order valence-corrected chi connectivity index (χ0v) is 10.8. The molecule has 0 saturated carbocycles. The monoisotopic (exact) mass is 281 g/mol. The van der Waals surface area contributed by atoms with Crippen molar-refractivity contribution in [2.24, 2.45) is 0 Å². The quantitative estimate of drug-likeness (QED) is 0.916. The van der Waals surface area contributed by atoms with Crippen molar-refractivity contribution < 1.29 is 23.1 Å². The van der Waals surface area contributed by atoms with Gasteiger partial charge in [-0.3, -0.25) is 0 Å². The Morgan fingerprint density at radius 1 is 1.21 bits per heavy atom. The van der Waals surface area contributed by atoms with Gasteiger partial charge in [0.05, 0.1) is 12.0 Å². The molecule has 0 aliphatic carbocycles. The van der Waals surface area contributed by atoms with Crippen molar-refractivity contribution in [1.29, 1.82) is 0 Å². The SMILES string of the molecule is COc1ccc(S(=O)(=O)n2cccc2C(=O)O)cc1. The number of carboxylic acid groups (broad SMARTS) is 1. The summed E-state index contributed by atoms with van der Waals surface area (Å²) >= 11 is 0. The van der Waals surface area contributed by atoms with Gasteiger partial charge in [-0.05, 0) is 36.4 Å². The minimum atomic E-state index is -3.92. The minimum absolute atomic E-state index is 0.00741. The molecule has 0 spiro atoms. The Morgan fingerprint density at radius 3 is 2.37 bits per heavy atom. The van der Waals surface area contributed by atoms with Crippen molar-refractivity contribution >= 4 is 16.0 Å². The molecule has 0 bridgehead atoms. The lowest BCUT2D eigenvalue weighted by Crippen LogP contribution is -2.17. The van der Waals surface area contributed by atoms with Gasteiger partial charge in [-0.1, -0.05) is 0 Å². The van der Waals surface area contributed by atoms with E-state index in [9.17, 15) is 13.2 Å². The molecular weight excluding hydrogens is 270 g/mol. The van der Waals surface area contributed by atoms with Crippen molar-refractivity contribution in [3.8, 4) is 5.75 Å². The third kappa shape index (κ3) is 2.32. The smallest absolute Gasteiger partial charge is 0.353 e. The highest BCUT2D eigenvalue weighted by molar-refractivity contribution is 7.90.